The van der Waals surface area contributed by atoms with Crippen molar-refractivity contribution in [2.75, 3.05) is 7.11 Å². The van der Waals surface area contributed by atoms with Crippen LogP contribution in [0.25, 0.3) is 11.0 Å². The lowest BCUT2D eigenvalue weighted by Gasteiger charge is -2.11. The van der Waals surface area contributed by atoms with Crippen LogP contribution in [-0.2, 0) is 17.8 Å². The van der Waals surface area contributed by atoms with Gasteiger partial charge in [-0.1, -0.05) is 24.3 Å². The number of para-hydroxylation sites is 2. The highest BCUT2D eigenvalue weighted by Gasteiger charge is 2.11. The summed E-state index contributed by atoms with van der Waals surface area (Å²) in [5.41, 5.74) is 8.56. The molecule has 2 aromatic carbocycles. The number of aryl methyl sites for hydroxylation is 1. The smallest absolute Gasteiger partial charge is 0.326 e. The molecule has 0 fully saturated rings. The van der Waals surface area contributed by atoms with Gasteiger partial charge in [-0.2, -0.15) is 0 Å². The number of carbonyl (C=O) groups excluding carboxylic acids is 1. The maximum Gasteiger partial charge on any atom is 0.326 e. The van der Waals surface area contributed by atoms with Gasteiger partial charge < -0.3 is 15.5 Å². The Morgan fingerprint density at radius 1 is 1.25 bits per heavy atom. The Hall–Kier alpha value is -3.02. The molecule has 1 aromatic heterocycles. The zero-order valence-electron chi connectivity index (χ0n) is 13.4. The van der Waals surface area contributed by atoms with Crippen molar-refractivity contribution in [2.24, 2.45) is 5.73 Å². The summed E-state index contributed by atoms with van der Waals surface area (Å²) in [6, 6.07) is 13.3. The molecular weight excluding hydrogens is 306 g/mol. The van der Waals surface area contributed by atoms with E-state index in [0.29, 0.717) is 25.1 Å². The summed E-state index contributed by atoms with van der Waals surface area (Å²) in [4.78, 5) is 26.0. The quantitative estimate of drug-likeness (QED) is 0.724. The van der Waals surface area contributed by atoms with Gasteiger partial charge in [0.1, 0.15) is 5.75 Å². The van der Waals surface area contributed by atoms with Crippen LogP contribution < -0.4 is 16.2 Å². The number of fused-ring (bicyclic) bond motifs is 1. The number of primary amides is 1. The first-order valence-electron chi connectivity index (χ1n) is 7.70. The number of rotatable bonds is 6. The summed E-state index contributed by atoms with van der Waals surface area (Å²) in [7, 11) is 1.59. The number of H-pyrrole nitrogens is 1. The van der Waals surface area contributed by atoms with Gasteiger partial charge in [-0.3, -0.25) is 9.36 Å². The fourth-order valence-electron chi connectivity index (χ4n) is 2.78. The van der Waals surface area contributed by atoms with E-state index in [0.717, 1.165) is 22.2 Å². The van der Waals surface area contributed by atoms with E-state index in [1.807, 2.05) is 42.5 Å². The minimum atomic E-state index is -0.330. The van der Waals surface area contributed by atoms with Crippen molar-refractivity contribution in [1.82, 2.24) is 9.55 Å². The molecule has 0 aliphatic heterocycles. The lowest BCUT2D eigenvalue weighted by Crippen LogP contribution is -2.17. The van der Waals surface area contributed by atoms with Crippen LogP contribution >= 0.6 is 0 Å². The molecule has 3 rings (SSSR count). The molecule has 0 aliphatic rings. The molecule has 0 spiro atoms. The second-order valence-corrected chi connectivity index (χ2v) is 5.65. The van der Waals surface area contributed by atoms with Crippen molar-refractivity contribution in [3.63, 3.8) is 0 Å². The van der Waals surface area contributed by atoms with Crippen molar-refractivity contribution < 1.29 is 9.53 Å². The van der Waals surface area contributed by atoms with Gasteiger partial charge in [0.15, 0.2) is 0 Å². The number of imidazole rings is 1. The van der Waals surface area contributed by atoms with Crippen molar-refractivity contribution in [3.05, 3.63) is 64.1 Å². The molecule has 6 nitrogen and oxygen atoms in total. The number of methoxy groups -OCH3 is 1. The molecule has 24 heavy (non-hydrogen) atoms. The van der Waals surface area contributed by atoms with Crippen LogP contribution in [0.1, 0.15) is 17.5 Å². The molecule has 0 bridgehead atoms. The van der Waals surface area contributed by atoms with Crippen LogP contribution in [0.3, 0.4) is 0 Å². The van der Waals surface area contributed by atoms with E-state index < -0.39 is 0 Å². The standard InChI is InChI=1S/C18H19N3O3/c1-24-16-10-12(7-9-17(19)22)6-8-13(16)11-21-15-5-3-2-4-14(15)20-18(21)23/h2-6,8,10H,7,9,11H2,1H3,(H2,19,22)(H,20,23). The lowest BCUT2D eigenvalue weighted by molar-refractivity contribution is -0.117. The Morgan fingerprint density at radius 3 is 2.79 bits per heavy atom. The molecule has 0 aliphatic carbocycles. The van der Waals surface area contributed by atoms with Crippen LogP contribution in [-0.4, -0.2) is 22.6 Å². The first-order chi connectivity index (χ1) is 11.6. The Bertz CT molecular complexity index is 940. The number of aromatic nitrogens is 2. The monoisotopic (exact) mass is 325 g/mol. The molecule has 124 valence electrons. The minimum absolute atomic E-state index is 0.156. The SMILES string of the molecule is COc1cc(CCC(N)=O)ccc1Cn1c(=O)[nH]c2ccccc21. The summed E-state index contributed by atoms with van der Waals surface area (Å²) in [5, 5.41) is 0. The third-order valence-electron chi connectivity index (χ3n) is 4.02. The zero-order chi connectivity index (χ0) is 17.1. The third-order valence-corrected chi connectivity index (χ3v) is 4.02. The number of benzene rings is 2. The second kappa shape index (κ2) is 6.62. The summed E-state index contributed by atoms with van der Waals surface area (Å²) < 4.78 is 7.13. The Morgan fingerprint density at radius 2 is 2.04 bits per heavy atom. The number of hydrogen-bond donors (Lipinski definition) is 2. The predicted octanol–water partition coefficient (Wildman–Crippen LogP) is 1.80. The van der Waals surface area contributed by atoms with Gasteiger partial charge in [0, 0.05) is 12.0 Å². The number of nitrogens with zero attached hydrogens (tertiary/aromatic N) is 1. The number of nitrogens with two attached hydrogens (primary N) is 1. The van der Waals surface area contributed by atoms with E-state index in [-0.39, 0.29) is 11.6 Å². The maximum absolute atomic E-state index is 12.2. The largest absolute Gasteiger partial charge is 0.496 e. The van der Waals surface area contributed by atoms with Gasteiger partial charge in [-0.05, 0) is 30.2 Å². The summed E-state index contributed by atoms with van der Waals surface area (Å²) in [6.45, 7) is 0.405. The second-order valence-electron chi connectivity index (χ2n) is 5.65. The number of nitrogens with one attached hydrogen (secondary N) is 1. The summed E-state index contributed by atoms with van der Waals surface area (Å²) in [5.74, 6) is 0.359. The fraction of sp³-hybridized carbons (Fsp3) is 0.222. The number of ether oxygens (including phenoxy) is 1. The molecule has 6 heteroatoms. The maximum atomic E-state index is 12.2. The van der Waals surface area contributed by atoms with E-state index in [1.54, 1.807) is 11.7 Å². The van der Waals surface area contributed by atoms with Crippen LogP contribution in [0.4, 0.5) is 0 Å². The lowest BCUT2D eigenvalue weighted by atomic mass is 10.1. The van der Waals surface area contributed by atoms with Gasteiger partial charge in [0.25, 0.3) is 0 Å². The highest BCUT2D eigenvalue weighted by Crippen LogP contribution is 2.23. The highest BCUT2D eigenvalue weighted by molar-refractivity contribution is 5.75. The van der Waals surface area contributed by atoms with E-state index in [9.17, 15) is 9.59 Å². The predicted molar refractivity (Wildman–Crippen MR) is 92.2 cm³/mol. The van der Waals surface area contributed by atoms with Gasteiger partial charge in [0.05, 0.1) is 24.7 Å². The Labute approximate surface area is 138 Å². The average Bonchev–Trinajstić information content (AvgIpc) is 2.89. The van der Waals surface area contributed by atoms with E-state index in [4.69, 9.17) is 10.5 Å². The topological polar surface area (TPSA) is 90.1 Å². The molecule has 1 heterocycles. The van der Waals surface area contributed by atoms with Gasteiger partial charge in [-0.25, -0.2) is 4.79 Å². The average molecular weight is 325 g/mol. The molecule has 0 saturated carbocycles. The van der Waals surface area contributed by atoms with Crippen molar-refractivity contribution in [2.45, 2.75) is 19.4 Å². The number of hydrogen-bond acceptors (Lipinski definition) is 3. The molecule has 0 atom stereocenters. The van der Waals surface area contributed by atoms with Crippen molar-refractivity contribution in [3.8, 4) is 5.75 Å². The molecule has 0 unspecified atom stereocenters. The molecule has 0 radical (unpaired) electrons. The molecular formula is C18H19N3O3. The molecule has 1 amide bonds. The summed E-state index contributed by atoms with van der Waals surface area (Å²) in [6.07, 6.45) is 0.864. The van der Waals surface area contributed by atoms with E-state index >= 15 is 0 Å². The first-order valence-corrected chi connectivity index (χ1v) is 7.70. The molecule has 0 saturated heterocycles. The van der Waals surface area contributed by atoms with Crippen molar-refractivity contribution in [1.29, 1.82) is 0 Å². The van der Waals surface area contributed by atoms with E-state index in [2.05, 4.69) is 4.98 Å². The van der Waals surface area contributed by atoms with Gasteiger partial charge >= 0.3 is 5.69 Å². The Kier molecular flexibility index (Phi) is 4.37. The normalized spacial score (nSPS) is 10.9. The van der Waals surface area contributed by atoms with Crippen molar-refractivity contribution >= 4 is 16.9 Å². The van der Waals surface area contributed by atoms with E-state index in [1.165, 1.54) is 0 Å². The van der Waals surface area contributed by atoms with Crippen LogP contribution in [0.15, 0.2) is 47.3 Å². The number of aromatic amines is 1. The third kappa shape index (κ3) is 3.17. The first kappa shape index (κ1) is 15.9. The number of amides is 1. The fourth-order valence-corrected chi connectivity index (χ4v) is 2.78. The van der Waals surface area contributed by atoms with Gasteiger partial charge in [0.2, 0.25) is 5.91 Å². The molecule has 3 N–H and O–H groups in total. The van der Waals surface area contributed by atoms with Crippen LogP contribution in [0.2, 0.25) is 0 Å². The van der Waals surface area contributed by atoms with Gasteiger partial charge in [-0.15, -0.1) is 0 Å². The van der Waals surface area contributed by atoms with Crippen LogP contribution in [0, 0.1) is 0 Å². The highest BCUT2D eigenvalue weighted by atomic mass is 16.5. The Balaban J connectivity index is 1.93. The minimum Gasteiger partial charge on any atom is -0.496 e. The molecule has 3 aromatic rings. The van der Waals surface area contributed by atoms with Crippen LogP contribution in [0.5, 0.6) is 5.75 Å². The number of carbonyl (C=O) groups is 1. The summed E-state index contributed by atoms with van der Waals surface area (Å²) >= 11 is 0. The zero-order valence-corrected chi connectivity index (χ0v) is 13.4.